The van der Waals surface area contributed by atoms with Gasteiger partial charge in [0.05, 0.1) is 31.1 Å². The first-order chi connectivity index (χ1) is 22.2. The minimum absolute atomic E-state index is 0.0284. The maximum atomic E-state index is 14.9. The first kappa shape index (κ1) is 31.2. The summed E-state index contributed by atoms with van der Waals surface area (Å²) in [6.07, 6.45) is 4.03. The number of imidazole rings is 1. The van der Waals surface area contributed by atoms with Gasteiger partial charge in [-0.2, -0.15) is 4.39 Å². The summed E-state index contributed by atoms with van der Waals surface area (Å²) in [5, 5.41) is 16.4. The maximum absolute atomic E-state index is 14.9. The van der Waals surface area contributed by atoms with Gasteiger partial charge in [0.15, 0.2) is 23.0 Å². The van der Waals surface area contributed by atoms with E-state index in [-0.39, 0.29) is 29.3 Å². The molecule has 2 saturated heterocycles. The van der Waals surface area contributed by atoms with E-state index in [1.807, 2.05) is 13.0 Å². The van der Waals surface area contributed by atoms with Crippen molar-refractivity contribution in [3.63, 3.8) is 0 Å². The van der Waals surface area contributed by atoms with Crippen LogP contribution in [-0.4, -0.2) is 111 Å². The quantitative estimate of drug-likeness (QED) is 0.295. The minimum Gasteiger partial charge on any atom is -0.494 e. The summed E-state index contributed by atoms with van der Waals surface area (Å²) in [7, 11) is 1.27. The summed E-state index contributed by atoms with van der Waals surface area (Å²) in [5.74, 6) is -2.02. The van der Waals surface area contributed by atoms with Crippen LogP contribution in [0.3, 0.4) is 0 Å². The molecule has 2 atom stereocenters. The van der Waals surface area contributed by atoms with Crippen molar-refractivity contribution >= 4 is 29.1 Å². The molecule has 242 valence electrons. The van der Waals surface area contributed by atoms with Crippen molar-refractivity contribution in [2.75, 3.05) is 58.2 Å². The lowest BCUT2D eigenvalue weighted by atomic mass is 10.1. The number of fused-ring (bicyclic) bond motifs is 1. The van der Waals surface area contributed by atoms with Gasteiger partial charge in [-0.3, -0.25) is 9.20 Å². The van der Waals surface area contributed by atoms with Crippen molar-refractivity contribution in [2.45, 2.75) is 26.0 Å². The molecule has 14 heteroatoms. The molecule has 0 radical (unpaired) electrons. The fourth-order valence-electron chi connectivity index (χ4n) is 5.96. The standard InChI is InChI=1S/C32H36F2N8O4/c1-19-16-21(38-29-30-37-17-25(42(30)11-9-36-29)23-6-7-26(46-3)28(34)27(23)33)4-5-22(19)31(44)39-12-14-40(15-13-39)32(45)41-10-8-35-24(18-41)20(2)43/h4-7,9,11,16-17,20,24,35,43H,8,10,12-15,18H2,1-3H3,(H,36,38)/t20-,24-/m1/s1. The summed E-state index contributed by atoms with van der Waals surface area (Å²) in [6.45, 7) is 6.92. The lowest BCUT2D eigenvalue weighted by Gasteiger charge is -2.41. The van der Waals surface area contributed by atoms with E-state index < -0.39 is 17.7 Å². The van der Waals surface area contributed by atoms with Crippen LogP contribution in [0.5, 0.6) is 5.75 Å². The number of anilines is 2. The zero-order valence-corrected chi connectivity index (χ0v) is 25.8. The number of methoxy groups -OCH3 is 1. The van der Waals surface area contributed by atoms with Crippen molar-refractivity contribution in [3.8, 4) is 17.0 Å². The molecule has 0 saturated carbocycles. The Labute approximate surface area is 264 Å². The fraction of sp³-hybridized carbons (Fsp3) is 0.375. The number of amides is 3. The van der Waals surface area contributed by atoms with Gasteiger partial charge in [-0.1, -0.05) is 0 Å². The van der Waals surface area contributed by atoms with Crippen LogP contribution in [0.1, 0.15) is 22.8 Å². The molecule has 6 rings (SSSR count). The number of aromatic nitrogens is 3. The molecule has 2 aliphatic rings. The van der Waals surface area contributed by atoms with Crippen molar-refractivity contribution < 1.29 is 28.2 Å². The van der Waals surface area contributed by atoms with Crippen LogP contribution in [-0.2, 0) is 0 Å². The van der Waals surface area contributed by atoms with E-state index in [9.17, 15) is 23.5 Å². The minimum atomic E-state index is -1.08. The molecular formula is C32H36F2N8O4. The number of hydrogen-bond acceptors (Lipinski definition) is 8. The molecule has 46 heavy (non-hydrogen) atoms. The Bertz CT molecular complexity index is 1770. The number of carbonyl (C=O) groups excluding carboxylic acids is 2. The van der Waals surface area contributed by atoms with Crippen LogP contribution in [0.4, 0.5) is 25.1 Å². The average Bonchev–Trinajstić information content (AvgIpc) is 3.50. The number of nitrogens with one attached hydrogen (secondary N) is 2. The molecule has 2 aliphatic heterocycles. The van der Waals surface area contributed by atoms with Crippen LogP contribution in [0.2, 0.25) is 0 Å². The van der Waals surface area contributed by atoms with Crippen LogP contribution in [0, 0.1) is 18.6 Å². The van der Waals surface area contributed by atoms with Crippen molar-refractivity contribution in [3.05, 3.63) is 71.7 Å². The van der Waals surface area contributed by atoms with Crippen molar-refractivity contribution in [2.24, 2.45) is 0 Å². The maximum Gasteiger partial charge on any atom is 0.320 e. The molecule has 4 heterocycles. The van der Waals surface area contributed by atoms with Crippen molar-refractivity contribution in [1.82, 2.24) is 34.4 Å². The normalized spacial score (nSPS) is 17.7. The predicted octanol–water partition coefficient (Wildman–Crippen LogP) is 3.27. The lowest BCUT2D eigenvalue weighted by Crippen LogP contribution is -2.61. The second-order valence-corrected chi connectivity index (χ2v) is 11.5. The highest BCUT2D eigenvalue weighted by atomic mass is 19.2. The van der Waals surface area contributed by atoms with E-state index in [2.05, 4.69) is 20.6 Å². The zero-order valence-electron chi connectivity index (χ0n) is 25.8. The number of benzene rings is 2. The highest BCUT2D eigenvalue weighted by molar-refractivity contribution is 5.96. The second-order valence-electron chi connectivity index (χ2n) is 11.5. The number of rotatable bonds is 6. The largest absolute Gasteiger partial charge is 0.494 e. The molecule has 0 aliphatic carbocycles. The Kier molecular flexibility index (Phi) is 8.73. The van der Waals surface area contributed by atoms with Crippen molar-refractivity contribution in [1.29, 1.82) is 0 Å². The average molecular weight is 635 g/mol. The Morgan fingerprint density at radius 2 is 1.80 bits per heavy atom. The molecule has 3 N–H and O–H groups in total. The van der Waals surface area contributed by atoms with E-state index in [0.29, 0.717) is 74.2 Å². The Morgan fingerprint density at radius 3 is 2.52 bits per heavy atom. The van der Waals surface area contributed by atoms with Gasteiger partial charge in [0, 0.05) is 75.0 Å². The smallest absolute Gasteiger partial charge is 0.320 e. The van der Waals surface area contributed by atoms with E-state index in [1.165, 1.54) is 31.6 Å². The Hall–Kier alpha value is -4.82. The first-order valence-corrected chi connectivity index (χ1v) is 15.1. The SMILES string of the molecule is COc1ccc(-c2cnc3c(Nc4ccc(C(=O)N5CCN(C(=O)N6CCN[C@@H]([C@@H](C)O)C6)CC5)c(C)c4)nccn23)c(F)c1F. The molecule has 0 spiro atoms. The van der Waals surface area contributed by atoms with Gasteiger partial charge in [-0.15, -0.1) is 0 Å². The molecule has 0 unspecified atom stereocenters. The van der Waals surface area contributed by atoms with E-state index in [1.54, 1.807) is 44.4 Å². The number of aliphatic hydroxyl groups is 1. The van der Waals surface area contributed by atoms with Gasteiger partial charge in [0.25, 0.3) is 5.91 Å². The highest BCUT2D eigenvalue weighted by Crippen LogP contribution is 2.31. The van der Waals surface area contributed by atoms with Crippen LogP contribution in [0.25, 0.3) is 16.9 Å². The van der Waals surface area contributed by atoms with E-state index in [4.69, 9.17) is 4.74 Å². The number of piperazine rings is 2. The number of halogens is 2. The van der Waals surface area contributed by atoms with Gasteiger partial charge >= 0.3 is 6.03 Å². The molecule has 2 aromatic carbocycles. The molecule has 2 aromatic heterocycles. The number of carbonyl (C=O) groups is 2. The van der Waals surface area contributed by atoms with Gasteiger partial charge in [-0.25, -0.2) is 19.2 Å². The highest BCUT2D eigenvalue weighted by Gasteiger charge is 2.32. The van der Waals surface area contributed by atoms with Gasteiger partial charge in [-0.05, 0) is 49.7 Å². The summed E-state index contributed by atoms with van der Waals surface area (Å²) < 4.78 is 35.8. The second kappa shape index (κ2) is 12.9. The number of nitrogens with zero attached hydrogens (tertiary/aromatic N) is 6. The summed E-state index contributed by atoms with van der Waals surface area (Å²) in [5.41, 5.74) is 2.75. The molecule has 0 bridgehead atoms. The Morgan fingerprint density at radius 1 is 1.04 bits per heavy atom. The molecule has 12 nitrogen and oxygen atoms in total. The first-order valence-electron chi connectivity index (χ1n) is 15.1. The molecule has 3 amide bonds. The molecular weight excluding hydrogens is 598 g/mol. The van der Waals surface area contributed by atoms with Gasteiger partial charge < -0.3 is 35.2 Å². The van der Waals surface area contributed by atoms with Crippen LogP contribution < -0.4 is 15.4 Å². The topological polar surface area (TPSA) is 128 Å². The van der Waals surface area contributed by atoms with Gasteiger partial charge in [0.2, 0.25) is 5.82 Å². The third kappa shape index (κ3) is 5.93. The third-order valence-corrected chi connectivity index (χ3v) is 8.59. The zero-order chi connectivity index (χ0) is 32.5. The summed E-state index contributed by atoms with van der Waals surface area (Å²) >= 11 is 0. The lowest BCUT2D eigenvalue weighted by molar-refractivity contribution is 0.0592. The number of ether oxygens (including phenoxy) is 1. The molecule has 2 fully saturated rings. The van der Waals surface area contributed by atoms with E-state index >= 15 is 0 Å². The predicted molar refractivity (Wildman–Crippen MR) is 167 cm³/mol. The van der Waals surface area contributed by atoms with Crippen LogP contribution in [0.15, 0.2) is 48.9 Å². The summed E-state index contributed by atoms with van der Waals surface area (Å²) in [6, 6.07) is 7.93. The number of urea groups is 1. The van der Waals surface area contributed by atoms with Crippen LogP contribution >= 0.6 is 0 Å². The fourth-order valence-corrected chi connectivity index (χ4v) is 5.96. The monoisotopic (exact) mass is 634 g/mol. The Balaban J connectivity index is 1.12. The van der Waals surface area contributed by atoms with E-state index in [0.717, 1.165) is 5.56 Å². The number of aryl methyl sites for hydroxylation is 1. The summed E-state index contributed by atoms with van der Waals surface area (Å²) in [4.78, 5) is 40.6. The molecule has 4 aromatic rings. The number of aliphatic hydroxyl groups excluding tert-OH is 1. The van der Waals surface area contributed by atoms with Gasteiger partial charge in [0.1, 0.15) is 0 Å². The number of hydrogen-bond donors (Lipinski definition) is 3. The third-order valence-electron chi connectivity index (χ3n) is 8.59.